The van der Waals surface area contributed by atoms with E-state index in [2.05, 4.69) is 15.0 Å². The van der Waals surface area contributed by atoms with Gasteiger partial charge in [-0.2, -0.15) is 4.98 Å². The number of aromatic nitrogens is 4. The van der Waals surface area contributed by atoms with E-state index in [-0.39, 0.29) is 5.56 Å². The molecule has 6 nitrogen and oxygen atoms in total. The van der Waals surface area contributed by atoms with Crippen LogP contribution in [0.3, 0.4) is 0 Å². The zero-order valence-corrected chi connectivity index (χ0v) is 9.62. The van der Waals surface area contributed by atoms with Gasteiger partial charge >= 0.3 is 0 Å². The van der Waals surface area contributed by atoms with Gasteiger partial charge in [-0.1, -0.05) is 6.07 Å². The summed E-state index contributed by atoms with van der Waals surface area (Å²) in [6.07, 6.45) is 3.13. The number of rotatable bonds is 2. The van der Waals surface area contributed by atoms with Crippen LogP contribution in [0.1, 0.15) is 0 Å². The van der Waals surface area contributed by atoms with E-state index in [1.165, 1.54) is 6.33 Å². The summed E-state index contributed by atoms with van der Waals surface area (Å²) >= 11 is 0. The van der Waals surface area contributed by atoms with Crippen molar-refractivity contribution in [2.45, 2.75) is 0 Å². The minimum Gasteiger partial charge on any atom is -0.481 e. The molecule has 0 aliphatic carbocycles. The number of aromatic amines is 1. The van der Waals surface area contributed by atoms with E-state index in [1.807, 2.05) is 12.1 Å². The lowest BCUT2D eigenvalue weighted by Gasteiger charge is -2.05. The van der Waals surface area contributed by atoms with E-state index in [4.69, 9.17) is 4.74 Å². The highest BCUT2D eigenvalue weighted by Crippen LogP contribution is 2.16. The maximum absolute atomic E-state index is 11.6. The van der Waals surface area contributed by atoms with Crippen molar-refractivity contribution < 1.29 is 4.74 Å². The van der Waals surface area contributed by atoms with Gasteiger partial charge in [0.2, 0.25) is 5.88 Å². The van der Waals surface area contributed by atoms with Crippen LogP contribution in [0.4, 0.5) is 0 Å². The van der Waals surface area contributed by atoms with Crippen LogP contribution in [0.5, 0.6) is 5.88 Å². The normalized spacial score (nSPS) is 10.7. The Bertz CT molecular complexity index is 760. The maximum Gasteiger partial charge on any atom is 0.260 e. The Morgan fingerprint density at radius 1 is 1.33 bits per heavy atom. The molecule has 0 saturated carbocycles. The number of H-pyrrole nitrogens is 1. The summed E-state index contributed by atoms with van der Waals surface area (Å²) in [5, 5.41) is 0.530. The molecule has 90 valence electrons. The van der Waals surface area contributed by atoms with Gasteiger partial charge in [-0.3, -0.25) is 9.36 Å². The van der Waals surface area contributed by atoms with Crippen LogP contribution in [0.25, 0.3) is 16.9 Å². The molecule has 1 N–H and O–H groups in total. The van der Waals surface area contributed by atoms with Crippen molar-refractivity contribution in [3.8, 4) is 11.7 Å². The number of hydrogen-bond acceptors (Lipinski definition) is 4. The highest BCUT2D eigenvalue weighted by molar-refractivity contribution is 5.76. The number of nitrogens with zero attached hydrogens (tertiary/aromatic N) is 3. The molecule has 18 heavy (non-hydrogen) atoms. The molecule has 0 radical (unpaired) electrons. The summed E-state index contributed by atoms with van der Waals surface area (Å²) in [5.74, 6) is 1.17. The minimum absolute atomic E-state index is 0.165. The van der Waals surface area contributed by atoms with Gasteiger partial charge in [0, 0.05) is 12.3 Å². The summed E-state index contributed by atoms with van der Waals surface area (Å²) in [6, 6.07) is 7.13. The molecule has 0 spiro atoms. The Balaban J connectivity index is 2.25. The molecule has 3 rings (SSSR count). The lowest BCUT2D eigenvalue weighted by atomic mass is 10.4. The van der Waals surface area contributed by atoms with Gasteiger partial charge in [0.1, 0.15) is 5.82 Å². The Kier molecular flexibility index (Phi) is 2.33. The average Bonchev–Trinajstić information content (AvgIpc) is 2.84. The zero-order valence-electron chi connectivity index (χ0n) is 9.62. The third kappa shape index (κ3) is 1.55. The number of fused-ring (bicyclic) bond motifs is 1. The number of ether oxygens (including phenoxy) is 1. The lowest BCUT2D eigenvalue weighted by molar-refractivity contribution is 0.397. The van der Waals surface area contributed by atoms with Crippen molar-refractivity contribution in [2.24, 2.45) is 0 Å². The molecule has 3 aromatic heterocycles. The molecule has 0 bridgehead atoms. The van der Waals surface area contributed by atoms with E-state index in [0.717, 1.165) is 0 Å². The van der Waals surface area contributed by atoms with Gasteiger partial charge in [-0.05, 0) is 12.1 Å². The largest absolute Gasteiger partial charge is 0.481 e. The molecule has 0 saturated heterocycles. The van der Waals surface area contributed by atoms with Gasteiger partial charge in [0.05, 0.1) is 18.8 Å². The molecule has 3 heterocycles. The highest BCUT2D eigenvalue weighted by Gasteiger charge is 2.08. The molecule has 0 fully saturated rings. The monoisotopic (exact) mass is 242 g/mol. The van der Waals surface area contributed by atoms with Gasteiger partial charge in [-0.25, -0.2) is 4.98 Å². The van der Waals surface area contributed by atoms with Crippen molar-refractivity contribution in [1.82, 2.24) is 19.5 Å². The molecular weight excluding hydrogens is 232 g/mol. The number of nitrogens with one attached hydrogen (secondary N) is 1. The Hall–Kier alpha value is -2.63. The van der Waals surface area contributed by atoms with Crippen molar-refractivity contribution in [3.63, 3.8) is 0 Å². The lowest BCUT2D eigenvalue weighted by Crippen LogP contribution is -2.06. The molecule has 0 aliphatic rings. The fraction of sp³-hybridized carbons (Fsp3) is 0.0833. The van der Waals surface area contributed by atoms with Crippen LogP contribution >= 0.6 is 0 Å². The van der Waals surface area contributed by atoms with Crippen LogP contribution < -0.4 is 10.3 Å². The van der Waals surface area contributed by atoms with E-state index in [1.54, 1.807) is 30.0 Å². The number of pyridine rings is 1. The van der Waals surface area contributed by atoms with Crippen molar-refractivity contribution in [2.75, 3.05) is 7.11 Å². The average molecular weight is 242 g/mol. The van der Waals surface area contributed by atoms with E-state index < -0.39 is 0 Å². The molecule has 0 unspecified atom stereocenters. The summed E-state index contributed by atoms with van der Waals surface area (Å²) in [7, 11) is 1.56. The first-order chi connectivity index (χ1) is 8.79. The van der Waals surface area contributed by atoms with E-state index >= 15 is 0 Å². The quantitative estimate of drug-likeness (QED) is 0.730. The first-order valence-corrected chi connectivity index (χ1v) is 5.36. The van der Waals surface area contributed by atoms with Gasteiger partial charge < -0.3 is 9.72 Å². The predicted octanol–water partition coefficient (Wildman–Crippen LogP) is 1.12. The summed E-state index contributed by atoms with van der Waals surface area (Å²) in [6.45, 7) is 0. The van der Waals surface area contributed by atoms with Gasteiger partial charge in [0.25, 0.3) is 5.56 Å². The second kappa shape index (κ2) is 3.99. The van der Waals surface area contributed by atoms with Crippen LogP contribution in [0.2, 0.25) is 0 Å². The number of hydrogen-bond donors (Lipinski definition) is 1. The molecule has 3 aromatic rings. The summed E-state index contributed by atoms with van der Waals surface area (Å²) in [4.78, 5) is 22.6. The fourth-order valence-electron chi connectivity index (χ4n) is 1.80. The Labute approximate surface area is 102 Å². The van der Waals surface area contributed by atoms with Crippen LogP contribution in [0, 0.1) is 0 Å². The molecule has 0 aromatic carbocycles. The SMILES string of the molecule is COc1cccc(-n2ccc3c(=O)[nH]cnc32)n1. The first-order valence-electron chi connectivity index (χ1n) is 5.36. The van der Waals surface area contributed by atoms with Crippen LogP contribution in [-0.4, -0.2) is 26.6 Å². The first kappa shape index (κ1) is 10.5. The predicted molar refractivity (Wildman–Crippen MR) is 66.0 cm³/mol. The highest BCUT2D eigenvalue weighted by atomic mass is 16.5. The van der Waals surface area contributed by atoms with Crippen LogP contribution in [0.15, 0.2) is 41.6 Å². The fourth-order valence-corrected chi connectivity index (χ4v) is 1.80. The van der Waals surface area contributed by atoms with Crippen molar-refractivity contribution in [3.05, 3.63) is 47.1 Å². The Morgan fingerprint density at radius 2 is 2.22 bits per heavy atom. The third-order valence-corrected chi connectivity index (χ3v) is 2.65. The second-order valence-corrected chi connectivity index (χ2v) is 3.69. The molecule has 0 amide bonds. The summed E-state index contributed by atoms with van der Waals surface area (Å²) < 4.78 is 6.82. The molecular formula is C12H10N4O2. The zero-order chi connectivity index (χ0) is 12.5. The smallest absolute Gasteiger partial charge is 0.260 e. The molecule has 0 atom stereocenters. The topological polar surface area (TPSA) is 72.8 Å². The van der Waals surface area contributed by atoms with Gasteiger partial charge in [-0.15, -0.1) is 0 Å². The maximum atomic E-state index is 11.6. The summed E-state index contributed by atoms with van der Waals surface area (Å²) in [5.41, 5.74) is 0.404. The van der Waals surface area contributed by atoms with Crippen molar-refractivity contribution in [1.29, 1.82) is 0 Å². The minimum atomic E-state index is -0.165. The number of methoxy groups -OCH3 is 1. The van der Waals surface area contributed by atoms with Crippen molar-refractivity contribution >= 4 is 11.0 Å². The van der Waals surface area contributed by atoms with Crippen LogP contribution in [-0.2, 0) is 0 Å². The van der Waals surface area contributed by atoms with E-state index in [9.17, 15) is 4.79 Å². The molecule has 0 aliphatic heterocycles. The standard InChI is InChI=1S/C12H10N4O2/c1-18-10-4-2-3-9(15-10)16-6-5-8-11(16)13-7-14-12(8)17/h2-7H,1H3,(H,13,14,17). The van der Waals surface area contributed by atoms with Gasteiger partial charge in [0.15, 0.2) is 5.65 Å². The third-order valence-electron chi connectivity index (χ3n) is 2.65. The molecule has 6 heteroatoms. The second-order valence-electron chi connectivity index (χ2n) is 3.69. The van der Waals surface area contributed by atoms with E-state index in [0.29, 0.717) is 22.7 Å². The Morgan fingerprint density at radius 3 is 3.06 bits per heavy atom.